The first-order valence-electron chi connectivity index (χ1n) is 5.27. The molecule has 3 nitrogen and oxygen atoms in total. The topological polar surface area (TPSA) is 39.2 Å². The van der Waals surface area contributed by atoms with Crippen molar-refractivity contribution < 1.29 is 9.53 Å². The Bertz CT molecular complexity index is 516. The molecule has 0 bridgehead atoms. The number of hydrogen-bond acceptors (Lipinski definition) is 4. The lowest BCUT2D eigenvalue weighted by Gasteiger charge is -2.02. The van der Waals surface area contributed by atoms with Crippen molar-refractivity contribution in [1.82, 2.24) is 4.98 Å². The maximum Gasteiger partial charge on any atom is 0.212 e. The average Bonchev–Trinajstić information content (AvgIpc) is 2.76. The predicted molar refractivity (Wildman–Crippen MR) is 67.9 cm³/mol. The molecule has 0 aliphatic carbocycles. The Balaban J connectivity index is 2.10. The van der Waals surface area contributed by atoms with Gasteiger partial charge in [0.25, 0.3) is 0 Å². The van der Waals surface area contributed by atoms with Crippen molar-refractivity contribution in [3.8, 4) is 5.88 Å². The number of methoxy groups -OCH3 is 1. The van der Waals surface area contributed by atoms with Crippen LogP contribution in [0.25, 0.3) is 0 Å². The number of aromatic nitrogens is 1. The Morgan fingerprint density at radius 2 is 2.24 bits per heavy atom. The van der Waals surface area contributed by atoms with Crippen molar-refractivity contribution in [1.29, 1.82) is 0 Å². The van der Waals surface area contributed by atoms with E-state index in [4.69, 9.17) is 4.74 Å². The summed E-state index contributed by atoms with van der Waals surface area (Å²) in [6.45, 7) is 1.96. The van der Waals surface area contributed by atoms with Crippen LogP contribution in [-0.2, 0) is 6.42 Å². The summed E-state index contributed by atoms with van der Waals surface area (Å²) in [5, 5.41) is 1.94. The van der Waals surface area contributed by atoms with Gasteiger partial charge in [-0.15, -0.1) is 11.3 Å². The third kappa shape index (κ3) is 2.71. The number of carbonyl (C=O) groups is 1. The third-order valence-corrected chi connectivity index (χ3v) is 3.38. The van der Waals surface area contributed by atoms with Crippen LogP contribution in [0.15, 0.2) is 29.8 Å². The zero-order valence-corrected chi connectivity index (χ0v) is 10.6. The molecule has 2 aromatic rings. The summed E-state index contributed by atoms with van der Waals surface area (Å²) in [6, 6.07) is 5.51. The number of ether oxygens (including phenoxy) is 1. The Morgan fingerprint density at radius 1 is 1.41 bits per heavy atom. The van der Waals surface area contributed by atoms with Crippen LogP contribution >= 0.6 is 11.3 Å². The quantitative estimate of drug-likeness (QED) is 0.780. The van der Waals surface area contributed by atoms with E-state index in [2.05, 4.69) is 4.98 Å². The number of hydrogen-bond donors (Lipinski definition) is 0. The second-order valence-electron chi connectivity index (χ2n) is 3.70. The second kappa shape index (κ2) is 5.10. The molecule has 2 heterocycles. The first kappa shape index (κ1) is 11.8. The van der Waals surface area contributed by atoms with Gasteiger partial charge in [-0.1, -0.05) is 6.07 Å². The number of nitrogens with zero attached hydrogens (tertiary/aromatic N) is 1. The summed E-state index contributed by atoms with van der Waals surface area (Å²) in [5.74, 6) is 0.698. The van der Waals surface area contributed by atoms with Crippen LogP contribution in [0.3, 0.4) is 0 Å². The fraction of sp³-hybridized carbons (Fsp3) is 0.231. The summed E-state index contributed by atoms with van der Waals surface area (Å²) >= 11 is 1.59. The Labute approximate surface area is 104 Å². The average molecular weight is 247 g/mol. The van der Waals surface area contributed by atoms with Gasteiger partial charge in [0.15, 0.2) is 5.78 Å². The molecule has 17 heavy (non-hydrogen) atoms. The normalized spacial score (nSPS) is 10.2. The monoisotopic (exact) mass is 247 g/mol. The highest BCUT2D eigenvalue weighted by molar-refractivity contribution is 7.10. The number of rotatable bonds is 4. The standard InChI is InChI=1S/C13H13NO2S/c1-9-11(5-6-17-9)12(15)7-10-3-4-13(16-2)14-8-10/h3-6,8H,7H2,1-2H3. The number of aryl methyl sites for hydroxylation is 1. The van der Waals surface area contributed by atoms with E-state index in [-0.39, 0.29) is 5.78 Å². The molecular weight excluding hydrogens is 234 g/mol. The number of pyridine rings is 1. The number of ketones is 1. The van der Waals surface area contributed by atoms with Gasteiger partial charge in [-0.3, -0.25) is 4.79 Å². The molecular formula is C13H13NO2S. The molecule has 2 aromatic heterocycles. The molecule has 0 N–H and O–H groups in total. The van der Waals surface area contributed by atoms with Gasteiger partial charge in [-0.2, -0.15) is 0 Å². The number of thiophene rings is 1. The lowest BCUT2D eigenvalue weighted by molar-refractivity contribution is 0.0993. The van der Waals surface area contributed by atoms with Crippen LogP contribution in [0.5, 0.6) is 5.88 Å². The molecule has 0 spiro atoms. The molecule has 0 saturated heterocycles. The van der Waals surface area contributed by atoms with Crippen LogP contribution < -0.4 is 4.74 Å². The summed E-state index contributed by atoms with van der Waals surface area (Å²) in [4.78, 5) is 17.1. The minimum absolute atomic E-state index is 0.135. The SMILES string of the molecule is COc1ccc(CC(=O)c2ccsc2C)cn1. The summed E-state index contributed by atoms with van der Waals surface area (Å²) in [7, 11) is 1.57. The van der Waals surface area contributed by atoms with Gasteiger partial charge in [-0.25, -0.2) is 4.98 Å². The van der Waals surface area contributed by atoms with Gasteiger partial charge in [0, 0.05) is 29.1 Å². The third-order valence-electron chi connectivity index (χ3n) is 2.53. The molecule has 0 aromatic carbocycles. The van der Waals surface area contributed by atoms with Crippen molar-refractivity contribution in [2.24, 2.45) is 0 Å². The van der Waals surface area contributed by atoms with Gasteiger partial charge >= 0.3 is 0 Å². The zero-order valence-electron chi connectivity index (χ0n) is 9.77. The van der Waals surface area contributed by atoms with Crippen LogP contribution in [0.4, 0.5) is 0 Å². The molecule has 0 atom stereocenters. The first-order valence-corrected chi connectivity index (χ1v) is 6.15. The van der Waals surface area contributed by atoms with Crippen LogP contribution in [0.1, 0.15) is 20.8 Å². The van der Waals surface area contributed by atoms with Gasteiger partial charge in [0.1, 0.15) is 0 Å². The molecule has 0 amide bonds. The van der Waals surface area contributed by atoms with Gasteiger partial charge < -0.3 is 4.74 Å². The molecule has 0 radical (unpaired) electrons. The van der Waals surface area contributed by atoms with Gasteiger partial charge in [0.2, 0.25) is 5.88 Å². The van der Waals surface area contributed by atoms with E-state index in [1.165, 1.54) is 0 Å². The summed E-state index contributed by atoms with van der Waals surface area (Å²) in [5.41, 5.74) is 1.72. The van der Waals surface area contributed by atoms with E-state index >= 15 is 0 Å². The van der Waals surface area contributed by atoms with E-state index in [1.807, 2.05) is 24.4 Å². The maximum atomic E-state index is 12.0. The van der Waals surface area contributed by atoms with Crippen LogP contribution in [0.2, 0.25) is 0 Å². The Morgan fingerprint density at radius 3 is 2.76 bits per heavy atom. The fourth-order valence-corrected chi connectivity index (χ4v) is 2.31. The highest BCUT2D eigenvalue weighted by atomic mass is 32.1. The van der Waals surface area contributed by atoms with Crippen LogP contribution in [0, 0.1) is 6.92 Å². The van der Waals surface area contributed by atoms with E-state index < -0.39 is 0 Å². The highest BCUT2D eigenvalue weighted by Gasteiger charge is 2.10. The van der Waals surface area contributed by atoms with Crippen molar-refractivity contribution in [3.63, 3.8) is 0 Å². The van der Waals surface area contributed by atoms with E-state index in [1.54, 1.807) is 30.7 Å². The summed E-state index contributed by atoms with van der Waals surface area (Å²) < 4.78 is 4.97. The number of Topliss-reactive ketones (excluding diaryl/α,β-unsaturated/α-hetero) is 1. The smallest absolute Gasteiger partial charge is 0.212 e. The Kier molecular flexibility index (Phi) is 3.54. The lowest BCUT2D eigenvalue weighted by Crippen LogP contribution is -2.04. The van der Waals surface area contributed by atoms with Gasteiger partial charge in [-0.05, 0) is 23.9 Å². The van der Waals surface area contributed by atoms with Crippen molar-refractivity contribution >= 4 is 17.1 Å². The Hall–Kier alpha value is -1.68. The van der Waals surface area contributed by atoms with Crippen molar-refractivity contribution in [3.05, 3.63) is 45.8 Å². The van der Waals surface area contributed by atoms with Crippen LogP contribution in [-0.4, -0.2) is 17.9 Å². The minimum atomic E-state index is 0.135. The maximum absolute atomic E-state index is 12.0. The summed E-state index contributed by atoms with van der Waals surface area (Å²) in [6.07, 6.45) is 2.06. The van der Waals surface area contributed by atoms with E-state index in [0.29, 0.717) is 12.3 Å². The second-order valence-corrected chi connectivity index (χ2v) is 4.82. The molecule has 0 unspecified atom stereocenters. The van der Waals surface area contributed by atoms with Crippen molar-refractivity contribution in [2.75, 3.05) is 7.11 Å². The highest BCUT2D eigenvalue weighted by Crippen LogP contribution is 2.17. The first-order chi connectivity index (χ1) is 8.20. The van der Waals surface area contributed by atoms with E-state index in [0.717, 1.165) is 16.0 Å². The zero-order chi connectivity index (χ0) is 12.3. The lowest BCUT2D eigenvalue weighted by atomic mass is 10.1. The largest absolute Gasteiger partial charge is 0.481 e. The molecule has 0 aliphatic heterocycles. The predicted octanol–water partition coefficient (Wildman–Crippen LogP) is 2.89. The molecule has 0 saturated carbocycles. The van der Waals surface area contributed by atoms with Crippen molar-refractivity contribution in [2.45, 2.75) is 13.3 Å². The molecule has 0 aliphatic rings. The van der Waals surface area contributed by atoms with Gasteiger partial charge in [0.05, 0.1) is 7.11 Å². The number of carbonyl (C=O) groups excluding carboxylic acids is 1. The molecule has 88 valence electrons. The fourth-order valence-electron chi connectivity index (χ4n) is 1.59. The molecule has 0 fully saturated rings. The molecule has 4 heteroatoms. The molecule has 2 rings (SSSR count). The van der Waals surface area contributed by atoms with E-state index in [9.17, 15) is 4.79 Å². The minimum Gasteiger partial charge on any atom is -0.481 e.